The summed E-state index contributed by atoms with van der Waals surface area (Å²) in [6.45, 7) is 3.08. The highest BCUT2D eigenvalue weighted by atomic mass is 19.4. The van der Waals surface area contributed by atoms with Crippen LogP contribution in [0.15, 0.2) is 0 Å². The van der Waals surface area contributed by atoms with Crippen molar-refractivity contribution in [3.63, 3.8) is 0 Å². The van der Waals surface area contributed by atoms with Crippen LogP contribution in [-0.2, 0) is 9.53 Å². The largest absolute Gasteiger partial charge is 0.481 e. The van der Waals surface area contributed by atoms with E-state index in [9.17, 15) is 23.1 Å². The molecule has 0 amide bonds. The molecule has 6 heteroatoms. The van der Waals surface area contributed by atoms with Gasteiger partial charge in [0, 0.05) is 6.61 Å². The van der Waals surface area contributed by atoms with Crippen molar-refractivity contribution in [2.24, 2.45) is 23.7 Å². The van der Waals surface area contributed by atoms with Crippen molar-refractivity contribution in [1.29, 1.82) is 0 Å². The first-order valence-electron chi connectivity index (χ1n) is 7.58. The molecule has 1 fully saturated rings. The summed E-state index contributed by atoms with van der Waals surface area (Å²) in [6.07, 6.45) is -0.736. The first-order chi connectivity index (χ1) is 9.70. The number of alkyl halides is 3. The van der Waals surface area contributed by atoms with Crippen molar-refractivity contribution in [2.75, 3.05) is 13.2 Å². The van der Waals surface area contributed by atoms with Crippen molar-refractivity contribution in [3.8, 4) is 0 Å². The molecule has 1 aliphatic carbocycles. The summed E-state index contributed by atoms with van der Waals surface area (Å²) in [6, 6.07) is 0. The van der Waals surface area contributed by atoms with Crippen LogP contribution in [0.25, 0.3) is 0 Å². The van der Waals surface area contributed by atoms with Gasteiger partial charge in [0.05, 0.1) is 5.92 Å². The minimum Gasteiger partial charge on any atom is -0.481 e. The third kappa shape index (κ3) is 6.68. The maximum Gasteiger partial charge on any atom is 0.411 e. The lowest BCUT2D eigenvalue weighted by Gasteiger charge is -2.36. The third-order valence-electron chi connectivity index (χ3n) is 4.41. The Labute approximate surface area is 123 Å². The van der Waals surface area contributed by atoms with Crippen LogP contribution in [0.2, 0.25) is 0 Å². The van der Waals surface area contributed by atoms with E-state index in [2.05, 4.69) is 18.6 Å². The molecular formula is C15H25F3O3. The van der Waals surface area contributed by atoms with Crippen LogP contribution in [0.4, 0.5) is 13.2 Å². The minimum absolute atomic E-state index is 0.0364. The number of ether oxygens (including phenoxy) is 1. The molecule has 0 bridgehead atoms. The summed E-state index contributed by atoms with van der Waals surface area (Å²) in [5.74, 6) is -0.0513. The molecule has 0 aromatic rings. The van der Waals surface area contributed by atoms with E-state index in [1.165, 1.54) is 0 Å². The van der Waals surface area contributed by atoms with E-state index in [4.69, 9.17) is 0 Å². The van der Waals surface area contributed by atoms with Crippen LogP contribution in [0.1, 0.15) is 46.0 Å². The number of carbonyl (C=O) groups is 1. The van der Waals surface area contributed by atoms with Gasteiger partial charge >= 0.3 is 12.1 Å². The zero-order valence-corrected chi connectivity index (χ0v) is 12.7. The minimum atomic E-state index is -4.29. The van der Waals surface area contributed by atoms with Gasteiger partial charge in [-0.2, -0.15) is 13.2 Å². The summed E-state index contributed by atoms with van der Waals surface area (Å²) in [4.78, 5) is 11.3. The first-order valence-corrected chi connectivity index (χ1v) is 7.58. The summed E-state index contributed by atoms with van der Waals surface area (Å²) in [7, 11) is 0. The van der Waals surface area contributed by atoms with E-state index in [0.29, 0.717) is 31.1 Å². The van der Waals surface area contributed by atoms with Gasteiger partial charge < -0.3 is 9.84 Å². The highest BCUT2D eigenvalue weighted by Crippen LogP contribution is 2.39. The van der Waals surface area contributed by atoms with Crippen molar-refractivity contribution in [2.45, 2.75) is 52.1 Å². The molecule has 0 saturated heterocycles. The maximum atomic E-state index is 11.9. The second kappa shape index (κ2) is 8.01. The zero-order valence-electron chi connectivity index (χ0n) is 12.7. The SMILES string of the molecule is CC(C)C1CCC(C(=O)O)C(CCCOCC(F)(F)F)C1. The standard InChI is InChI=1S/C15H25F3O3/c1-10(2)11-5-6-13(14(19)20)12(8-11)4-3-7-21-9-15(16,17)18/h10-13H,3-9H2,1-2H3,(H,19,20). The summed E-state index contributed by atoms with van der Waals surface area (Å²) in [5.41, 5.74) is 0. The first kappa shape index (κ1) is 18.3. The van der Waals surface area contributed by atoms with Gasteiger partial charge in [-0.25, -0.2) is 0 Å². The Morgan fingerprint density at radius 2 is 2.00 bits per heavy atom. The van der Waals surface area contributed by atoms with E-state index in [1.807, 2.05) is 0 Å². The van der Waals surface area contributed by atoms with Crippen LogP contribution in [-0.4, -0.2) is 30.5 Å². The van der Waals surface area contributed by atoms with Gasteiger partial charge in [-0.1, -0.05) is 13.8 Å². The lowest BCUT2D eigenvalue weighted by molar-refractivity contribution is -0.174. The number of hydrogen-bond donors (Lipinski definition) is 1. The highest BCUT2D eigenvalue weighted by molar-refractivity contribution is 5.70. The number of carboxylic acid groups (broad SMARTS) is 1. The molecule has 0 aromatic heterocycles. The Bertz CT molecular complexity index is 329. The van der Waals surface area contributed by atoms with Gasteiger partial charge in [0.2, 0.25) is 0 Å². The zero-order chi connectivity index (χ0) is 16.0. The van der Waals surface area contributed by atoms with E-state index in [1.54, 1.807) is 0 Å². The molecule has 0 heterocycles. The third-order valence-corrected chi connectivity index (χ3v) is 4.41. The molecule has 3 atom stereocenters. The average molecular weight is 310 g/mol. The van der Waals surface area contributed by atoms with E-state index in [0.717, 1.165) is 12.8 Å². The van der Waals surface area contributed by atoms with Crippen LogP contribution in [0.5, 0.6) is 0 Å². The van der Waals surface area contributed by atoms with Crippen molar-refractivity contribution in [1.82, 2.24) is 0 Å². The Kier molecular flexibility index (Phi) is 6.97. The smallest absolute Gasteiger partial charge is 0.411 e. The monoisotopic (exact) mass is 310 g/mol. The Balaban J connectivity index is 2.38. The molecule has 3 unspecified atom stereocenters. The molecule has 0 spiro atoms. The van der Waals surface area contributed by atoms with Crippen molar-refractivity contribution >= 4 is 5.97 Å². The fraction of sp³-hybridized carbons (Fsp3) is 0.933. The predicted octanol–water partition coefficient (Wildman–Crippen LogP) is 4.12. The second-order valence-corrected chi connectivity index (χ2v) is 6.33. The van der Waals surface area contributed by atoms with Crippen LogP contribution < -0.4 is 0 Å². The van der Waals surface area contributed by atoms with Gasteiger partial charge in [-0.15, -0.1) is 0 Å². The Morgan fingerprint density at radius 1 is 1.33 bits per heavy atom. The molecule has 1 aliphatic rings. The van der Waals surface area contributed by atoms with E-state index < -0.39 is 18.8 Å². The van der Waals surface area contributed by atoms with Crippen molar-refractivity contribution < 1.29 is 27.8 Å². The number of rotatable bonds is 7. The predicted molar refractivity (Wildman–Crippen MR) is 72.9 cm³/mol. The second-order valence-electron chi connectivity index (χ2n) is 6.33. The molecule has 0 aliphatic heterocycles. The number of aliphatic carboxylic acids is 1. The maximum absolute atomic E-state index is 11.9. The van der Waals surface area contributed by atoms with E-state index >= 15 is 0 Å². The fourth-order valence-corrected chi connectivity index (χ4v) is 3.19. The molecule has 1 N–H and O–H groups in total. The lowest BCUT2D eigenvalue weighted by atomic mass is 9.69. The van der Waals surface area contributed by atoms with Crippen LogP contribution >= 0.6 is 0 Å². The molecule has 0 radical (unpaired) electrons. The van der Waals surface area contributed by atoms with Crippen LogP contribution in [0.3, 0.4) is 0 Å². The van der Waals surface area contributed by atoms with Gasteiger partial charge in [0.15, 0.2) is 0 Å². The number of carboxylic acids is 1. The van der Waals surface area contributed by atoms with Gasteiger partial charge in [-0.3, -0.25) is 4.79 Å². The number of halogens is 3. The van der Waals surface area contributed by atoms with Crippen molar-refractivity contribution in [3.05, 3.63) is 0 Å². The van der Waals surface area contributed by atoms with Crippen LogP contribution in [0, 0.1) is 23.7 Å². The summed E-state index contributed by atoms with van der Waals surface area (Å²) >= 11 is 0. The number of hydrogen-bond acceptors (Lipinski definition) is 2. The van der Waals surface area contributed by atoms with Gasteiger partial charge in [-0.05, 0) is 49.9 Å². The Morgan fingerprint density at radius 3 is 2.52 bits per heavy atom. The molecule has 21 heavy (non-hydrogen) atoms. The average Bonchev–Trinajstić information content (AvgIpc) is 2.36. The normalized spacial score (nSPS) is 27.0. The molecule has 1 saturated carbocycles. The summed E-state index contributed by atoms with van der Waals surface area (Å²) in [5, 5.41) is 9.26. The Hall–Kier alpha value is -0.780. The van der Waals surface area contributed by atoms with Gasteiger partial charge in [0.25, 0.3) is 0 Å². The molecule has 0 aromatic carbocycles. The van der Waals surface area contributed by atoms with Gasteiger partial charge in [0.1, 0.15) is 6.61 Å². The molecule has 124 valence electrons. The lowest BCUT2D eigenvalue weighted by Crippen LogP contribution is -2.32. The molecule has 3 nitrogen and oxygen atoms in total. The summed E-state index contributed by atoms with van der Waals surface area (Å²) < 4.78 is 40.4. The topological polar surface area (TPSA) is 46.5 Å². The quantitative estimate of drug-likeness (QED) is 0.720. The molecular weight excluding hydrogens is 285 g/mol. The molecule has 1 rings (SSSR count). The van der Waals surface area contributed by atoms with E-state index in [-0.39, 0.29) is 18.4 Å². The fourth-order valence-electron chi connectivity index (χ4n) is 3.19. The highest BCUT2D eigenvalue weighted by Gasteiger charge is 2.35.